The van der Waals surface area contributed by atoms with Crippen LogP contribution in [-0.2, 0) is 9.84 Å². The van der Waals surface area contributed by atoms with Crippen molar-refractivity contribution < 1.29 is 17.5 Å². The number of hydrogen-bond donors (Lipinski definition) is 0. The van der Waals surface area contributed by atoms with Crippen LogP contribution in [0.1, 0.15) is 0 Å². The second-order valence-corrected chi connectivity index (χ2v) is 10.7. The molecule has 1 fully saturated rings. The maximum atomic E-state index is 14.6. The minimum absolute atomic E-state index is 0.0108. The lowest BCUT2D eigenvalue weighted by atomic mass is 10.1. The molecule has 0 amide bonds. The average molecular weight is 485 g/mol. The summed E-state index contributed by atoms with van der Waals surface area (Å²) in [4.78, 5) is 6.34. The van der Waals surface area contributed by atoms with Crippen molar-refractivity contribution in [3.8, 4) is 5.75 Å². The molecule has 2 aromatic carbocycles. The first-order valence-electron chi connectivity index (χ1n) is 8.76. The molecule has 0 aromatic heterocycles. The van der Waals surface area contributed by atoms with E-state index in [0.29, 0.717) is 27.7 Å². The Morgan fingerprint density at radius 2 is 2.00 bits per heavy atom. The Morgan fingerprint density at radius 3 is 2.75 bits per heavy atom. The van der Waals surface area contributed by atoms with Gasteiger partial charge in [0.15, 0.2) is 15.0 Å². The van der Waals surface area contributed by atoms with Crippen molar-refractivity contribution in [2.24, 2.45) is 4.99 Å². The third-order valence-electron chi connectivity index (χ3n) is 4.60. The second kappa shape index (κ2) is 8.04. The highest BCUT2D eigenvalue weighted by molar-refractivity contribution is 9.10. The zero-order valence-corrected chi connectivity index (χ0v) is 18.0. The van der Waals surface area contributed by atoms with E-state index in [-0.39, 0.29) is 23.6 Å². The lowest BCUT2D eigenvalue weighted by Crippen LogP contribution is -2.39. The largest absolute Gasteiger partial charge is 0.493 e. The van der Waals surface area contributed by atoms with E-state index in [1.807, 2.05) is 30.3 Å². The Bertz CT molecular complexity index is 1000. The van der Waals surface area contributed by atoms with Crippen LogP contribution >= 0.6 is 27.7 Å². The van der Waals surface area contributed by atoms with E-state index in [0.717, 1.165) is 5.75 Å². The molecule has 0 aliphatic carbocycles. The van der Waals surface area contributed by atoms with Crippen molar-refractivity contribution in [2.75, 3.05) is 28.8 Å². The first-order chi connectivity index (χ1) is 13.4. The Labute approximate surface area is 176 Å². The topological polar surface area (TPSA) is 59.0 Å². The molecule has 2 aromatic rings. The summed E-state index contributed by atoms with van der Waals surface area (Å²) in [6.45, 7) is 0.470. The number of benzene rings is 2. The standard InChI is InChI=1S/C19H18BrFN2O3S2/c20-13-6-7-17(15(21)10-13)23-18-12-28(24,25)11-16(18)22-19(23)27-9-8-26-14-4-2-1-3-5-14/h1-7,10,16,18H,8-9,11-12H2/t16-,18+/m0/s1. The highest BCUT2D eigenvalue weighted by Crippen LogP contribution is 2.37. The minimum Gasteiger partial charge on any atom is -0.493 e. The monoisotopic (exact) mass is 484 g/mol. The second-order valence-electron chi connectivity index (χ2n) is 6.60. The first-order valence-corrected chi connectivity index (χ1v) is 12.4. The molecule has 0 radical (unpaired) electrons. The molecule has 0 bridgehead atoms. The van der Waals surface area contributed by atoms with Gasteiger partial charge in [-0.25, -0.2) is 12.8 Å². The first kappa shape index (κ1) is 19.7. The molecule has 4 rings (SSSR count). The van der Waals surface area contributed by atoms with Crippen LogP contribution in [0.15, 0.2) is 58.0 Å². The number of anilines is 1. The molecule has 2 aliphatic rings. The van der Waals surface area contributed by atoms with Crippen LogP contribution in [-0.4, -0.2) is 49.5 Å². The van der Waals surface area contributed by atoms with Crippen molar-refractivity contribution in [1.82, 2.24) is 0 Å². The molecule has 0 N–H and O–H groups in total. The van der Waals surface area contributed by atoms with Crippen molar-refractivity contribution in [3.05, 3.63) is 58.8 Å². The number of ether oxygens (including phenoxy) is 1. The van der Waals surface area contributed by atoms with Gasteiger partial charge in [-0.3, -0.25) is 4.99 Å². The van der Waals surface area contributed by atoms with E-state index in [9.17, 15) is 12.8 Å². The maximum absolute atomic E-state index is 14.6. The minimum atomic E-state index is -3.17. The predicted octanol–water partition coefficient (Wildman–Crippen LogP) is 3.74. The molecule has 1 saturated heterocycles. The fraction of sp³-hybridized carbons (Fsp3) is 0.316. The Morgan fingerprint density at radius 1 is 1.21 bits per heavy atom. The van der Waals surface area contributed by atoms with Gasteiger partial charge in [-0.1, -0.05) is 45.9 Å². The van der Waals surface area contributed by atoms with Crippen molar-refractivity contribution in [2.45, 2.75) is 12.1 Å². The summed E-state index contributed by atoms with van der Waals surface area (Å²) >= 11 is 4.72. The number of para-hydroxylation sites is 1. The normalized spacial score (nSPS) is 22.8. The number of amidine groups is 1. The van der Waals surface area contributed by atoms with Gasteiger partial charge in [-0.15, -0.1) is 0 Å². The number of hydrogen-bond acceptors (Lipinski definition) is 6. The summed E-state index contributed by atoms with van der Waals surface area (Å²) in [5, 5.41) is 0.641. The summed E-state index contributed by atoms with van der Waals surface area (Å²) in [6.07, 6.45) is 0. The van der Waals surface area contributed by atoms with Gasteiger partial charge in [0.05, 0.1) is 35.9 Å². The van der Waals surface area contributed by atoms with E-state index in [4.69, 9.17) is 4.74 Å². The van der Waals surface area contributed by atoms with Gasteiger partial charge in [0.2, 0.25) is 0 Å². The number of fused-ring (bicyclic) bond motifs is 1. The Balaban J connectivity index is 1.50. The fourth-order valence-corrected chi connectivity index (χ4v) is 6.51. The molecule has 0 saturated carbocycles. The quantitative estimate of drug-likeness (QED) is 0.604. The molecule has 9 heteroatoms. The van der Waals surface area contributed by atoms with Gasteiger partial charge in [0.1, 0.15) is 11.6 Å². The van der Waals surface area contributed by atoms with E-state index >= 15 is 0 Å². The predicted molar refractivity (Wildman–Crippen MR) is 115 cm³/mol. The summed E-state index contributed by atoms with van der Waals surface area (Å²) in [7, 11) is -3.17. The molecule has 0 unspecified atom stereocenters. The number of halogens is 2. The molecule has 28 heavy (non-hydrogen) atoms. The smallest absolute Gasteiger partial charge is 0.164 e. The van der Waals surface area contributed by atoms with Gasteiger partial charge in [0.25, 0.3) is 0 Å². The molecule has 2 aliphatic heterocycles. The van der Waals surface area contributed by atoms with Gasteiger partial charge in [-0.05, 0) is 30.3 Å². The van der Waals surface area contributed by atoms with Crippen LogP contribution < -0.4 is 9.64 Å². The molecule has 148 valence electrons. The molecule has 2 atom stereocenters. The van der Waals surface area contributed by atoms with E-state index < -0.39 is 15.7 Å². The van der Waals surface area contributed by atoms with Gasteiger partial charge >= 0.3 is 0 Å². The third kappa shape index (κ3) is 4.21. The Hall–Kier alpha value is -1.58. The van der Waals surface area contributed by atoms with Crippen molar-refractivity contribution in [3.63, 3.8) is 0 Å². The number of aliphatic imine (C=N–C) groups is 1. The molecule has 5 nitrogen and oxygen atoms in total. The summed E-state index contributed by atoms with van der Waals surface area (Å²) < 4.78 is 45.1. The lowest BCUT2D eigenvalue weighted by molar-refractivity contribution is 0.344. The summed E-state index contributed by atoms with van der Waals surface area (Å²) in [6, 6.07) is 13.6. The molecule has 0 spiro atoms. The zero-order valence-electron chi connectivity index (χ0n) is 14.8. The molecule has 2 heterocycles. The molecular weight excluding hydrogens is 467 g/mol. The van der Waals surface area contributed by atoms with Gasteiger partial charge < -0.3 is 9.64 Å². The number of rotatable bonds is 5. The van der Waals surface area contributed by atoms with E-state index in [1.165, 1.54) is 17.8 Å². The highest BCUT2D eigenvalue weighted by atomic mass is 79.9. The van der Waals surface area contributed by atoms with Crippen LogP contribution in [0.2, 0.25) is 0 Å². The number of thioether (sulfide) groups is 1. The van der Waals surface area contributed by atoms with Crippen molar-refractivity contribution in [1.29, 1.82) is 0 Å². The van der Waals surface area contributed by atoms with Crippen LogP contribution in [0, 0.1) is 5.82 Å². The summed E-state index contributed by atoms with van der Waals surface area (Å²) in [5.41, 5.74) is 0.350. The number of nitrogens with zero attached hydrogens (tertiary/aromatic N) is 2. The average Bonchev–Trinajstić information content (AvgIpc) is 3.11. The zero-order chi connectivity index (χ0) is 19.7. The van der Waals surface area contributed by atoms with Crippen LogP contribution in [0.3, 0.4) is 0 Å². The van der Waals surface area contributed by atoms with E-state index in [2.05, 4.69) is 20.9 Å². The number of sulfone groups is 1. The summed E-state index contributed by atoms with van der Waals surface area (Å²) in [5.74, 6) is 0.996. The van der Waals surface area contributed by atoms with Gasteiger partial charge in [0, 0.05) is 10.2 Å². The highest BCUT2D eigenvalue weighted by Gasteiger charge is 2.47. The van der Waals surface area contributed by atoms with E-state index in [1.54, 1.807) is 17.0 Å². The molecular formula is C19H18BrFN2O3S2. The Kier molecular flexibility index (Phi) is 5.66. The van der Waals surface area contributed by atoms with Gasteiger partial charge in [-0.2, -0.15) is 0 Å². The van der Waals surface area contributed by atoms with Crippen LogP contribution in [0.25, 0.3) is 0 Å². The van der Waals surface area contributed by atoms with Crippen molar-refractivity contribution >= 4 is 48.4 Å². The maximum Gasteiger partial charge on any atom is 0.164 e. The third-order valence-corrected chi connectivity index (χ3v) is 7.73. The van der Waals surface area contributed by atoms with Crippen LogP contribution in [0.4, 0.5) is 10.1 Å². The lowest BCUT2D eigenvalue weighted by Gasteiger charge is -2.27. The fourth-order valence-electron chi connectivity index (χ4n) is 3.40. The SMILES string of the molecule is O=S1(=O)C[C@@H]2N=C(SCCOc3ccccc3)N(c3ccc(Br)cc3F)[C@@H]2C1. The van der Waals surface area contributed by atoms with Crippen LogP contribution in [0.5, 0.6) is 5.75 Å².